The molecule has 6 nitrogen and oxygen atoms in total. The summed E-state index contributed by atoms with van der Waals surface area (Å²) < 4.78 is 19.0. The van der Waals surface area contributed by atoms with Crippen molar-refractivity contribution in [3.63, 3.8) is 0 Å². The third-order valence-corrected chi connectivity index (χ3v) is 5.59. The van der Waals surface area contributed by atoms with Crippen molar-refractivity contribution in [3.05, 3.63) is 53.0 Å². The van der Waals surface area contributed by atoms with Gasteiger partial charge in [0.15, 0.2) is 0 Å². The van der Waals surface area contributed by atoms with E-state index in [1.54, 1.807) is 23.1 Å². The van der Waals surface area contributed by atoms with Crippen LogP contribution >= 0.6 is 11.6 Å². The third kappa shape index (κ3) is 4.41. The molecule has 1 atom stereocenters. The molecule has 1 N–H and O–H groups in total. The summed E-state index contributed by atoms with van der Waals surface area (Å²) in [6.45, 7) is 2.74. The molecule has 1 unspecified atom stereocenters. The van der Waals surface area contributed by atoms with Crippen LogP contribution < -0.4 is 15.0 Å². The molecule has 2 aliphatic rings. The molecular formula is C22H23ClFN3O3. The molecule has 1 fully saturated rings. The van der Waals surface area contributed by atoms with E-state index >= 15 is 0 Å². The number of anilines is 1. The topological polar surface area (TPSA) is 71.5 Å². The van der Waals surface area contributed by atoms with Gasteiger partial charge in [-0.2, -0.15) is 0 Å². The van der Waals surface area contributed by atoms with E-state index in [0.717, 1.165) is 18.4 Å². The zero-order chi connectivity index (χ0) is 21.3. The highest BCUT2D eigenvalue weighted by molar-refractivity contribution is 6.29. The van der Waals surface area contributed by atoms with Gasteiger partial charge in [0.05, 0.1) is 6.04 Å². The summed E-state index contributed by atoms with van der Waals surface area (Å²) in [5, 5.41) is 2.94. The van der Waals surface area contributed by atoms with Gasteiger partial charge in [-0.25, -0.2) is 9.37 Å². The van der Waals surface area contributed by atoms with Crippen molar-refractivity contribution in [2.24, 2.45) is 5.92 Å². The monoisotopic (exact) mass is 431 g/mol. The van der Waals surface area contributed by atoms with E-state index in [4.69, 9.17) is 16.3 Å². The second kappa shape index (κ2) is 8.60. The molecule has 1 aliphatic heterocycles. The molecule has 1 aromatic heterocycles. The maximum Gasteiger partial charge on any atom is 0.270 e. The first-order valence-electron chi connectivity index (χ1n) is 10.0. The largest absolute Gasteiger partial charge is 0.474 e. The molecule has 0 spiro atoms. The quantitative estimate of drug-likeness (QED) is 0.712. The van der Waals surface area contributed by atoms with Crippen LogP contribution in [0.5, 0.6) is 5.88 Å². The molecule has 0 radical (unpaired) electrons. The number of amides is 2. The SMILES string of the molecule is CC1COc2nc(C(=O)NCC3CC3)c(Cc3ccc(F)cc3)cc2N1C(=O)CCl. The maximum absolute atomic E-state index is 13.3. The van der Waals surface area contributed by atoms with Crippen LogP contribution in [0.3, 0.4) is 0 Å². The van der Waals surface area contributed by atoms with Crippen molar-refractivity contribution in [2.75, 3.05) is 23.9 Å². The first-order chi connectivity index (χ1) is 14.5. The van der Waals surface area contributed by atoms with Crippen LogP contribution in [0, 0.1) is 11.7 Å². The predicted molar refractivity (Wildman–Crippen MR) is 112 cm³/mol. The van der Waals surface area contributed by atoms with E-state index in [-0.39, 0.29) is 47.7 Å². The van der Waals surface area contributed by atoms with Gasteiger partial charge in [0.1, 0.15) is 29.7 Å². The van der Waals surface area contributed by atoms with Gasteiger partial charge in [0, 0.05) is 6.54 Å². The molecule has 1 aromatic carbocycles. The number of pyridine rings is 1. The van der Waals surface area contributed by atoms with E-state index in [0.29, 0.717) is 30.1 Å². The average molecular weight is 432 g/mol. The highest BCUT2D eigenvalue weighted by Gasteiger charge is 2.32. The lowest BCUT2D eigenvalue weighted by atomic mass is 10.0. The summed E-state index contributed by atoms with van der Waals surface area (Å²) in [6, 6.07) is 7.64. The molecule has 0 saturated heterocycles. The Balaban J connectivity index is 1.73. The number of aromatic nitrogens is 1. The molecule has 2 amide bonds. The van der Waals surface area contributed by atoms with Gasteiger partial charge in [-0.05, 0) is 61.4 Å². The van der Waals surface area contributed by atoms with Crippen molar-refractivity contribution in [1.29, 1.82) is 0 Å². The number of benzene rings is 1. The molecule has 158 valence electrons. The molecule has 8 heteroatoms. The fourth-order valence-electron chi connectivity index (χ4n) is 3.56. The minimum Gasteiger partial charge on any atom is -0.474 e. The Morgan fingerprint density at radius 3 is 2.70 bits per heavy atom. The van der Waals surface area contributed by atoms with E-state index in [2.05, 4.69) is 10.3 Å². The summed E-state index contributed by atoms with van der Waals surface area (Å²) in [6.07, 6.45) is 2.61. The molecule has 4 rings (SSSR count). The van der Waals surface area contributed by atoms with Crippen LogP contribution in [-0.2, 0) is 11.2 Å². The van der Waals surface area contributed by atoms with Crippen LogP contribution in [0.2, 0.25) is 0 Å². The highest BCUT2D eigenvalue weighted by atomic mass is 35.5. The number of ether oxygens (including phenoxy) is 1. The van der Waals surface area contributed by atoms with Crippen molar-refractivity contribution >= 4 is 29.1 Å². The molecule has 0 bridgehead atoms. The van der Waals surface area contributed by atoms with Crippen LogP contribution in [0.4, 0.5) is 10.1 Å². The Bertz CT molecular complexity index is 963. The van der Waals surface area contributed by atoms with Gasteiger partial charge in [-0.15, -0.1) is 11.6 Å². The molecular weight excluding hydrogens is 409 g/mol. The average Bonchev–Trinajstić information content (AvgIpc) is 3.57. The normalized spacial score (nSPS) is 17.8. The van der Waals surface area contributed by atoms with Crippen LogP contribution in [-0.4, -0.2) is 41.9 Å². The van der Waals surface area contributed by atoms with Crippen molar-refractivity contribution in [1.82, 2.24) is 10.3 Å². The van der Waals surface area contributed by atoms with Gasteiger partial charge in [-0.1, -0.05) is 12.1 Å². The summed E-state index contributed by atoms with van der Waals surface area (Å²) in [5.74, 6) is -0.257. The summed E-state index contributed by atoms with van der Waals surface area (Å²) in [5.41, 5.74) is 2.22. The zero-order valence-electron chi connectivity index (χ0n) is 16.7. The number of nitrogens with one attached hydrogen (secondary N) is 1. The first-order valence-corrected chi connectivity index (χ1v) is 10.6. The second-order valence-electron chi connectivity index (χ2n) is 7.83. The number of hydrogen-bond donors (Lipinski definition) is 1. The third-order valence-electron chi connectivity index (χ3n) is 5.36. The second-order valence-corrected chi connectivity index (χ2v) is 8.10. The summed E-state index contributed by atoms with van der Waals surface area (Å²) >= 11 is 5.81. The molecule has 1 aliphatic carbocycles. The number of alkyl halides is 1. The smallest absolute Gasteiger partial charge is 0.270 e. The molecule has 2 heterocycles. The van der Waals surface area contributed by atoms with E-state index < -0.39 is 0 Å². The Morgan fingerprint density at radius 1 is 1.30 bits per heavy atom. The number of fused-ring (bicyclic) bond motifs is 1. The van der Waals surface area contributed by atoms with Gasteiger partial charge >= 0.3 is 0 Å². The molecule has 30 heavy (non-hydrogen) atoms. The zero-order valence-corrected chi connectivity index (χ0v) is 17.4. The fourth-order valence-corrected chi connectivity index (χ4v) is 3.69. The lowest BCUT2D eigenvalue weighted by Gasteiger charge is -2.34. The first kappa shape index (κ1) is 20.6. The van der Waals surface area contributed by atoms with Gasteiger partial charge < -0.3 is 15.0 Å². The van der Waals surface area contributed by atoms with Crippen molar-refractivity contribution in [3.8, 4) is 5.88 Å². The Hall–Kier alpha value is -2.67. The maximum atomic E-state index is 13.3. The molecule has 2 aromatic rings. The number of halogens is 2. The highest BCUT2D eigenvalue weighted by Crippen LogP contribution is 2.35. The number of rotatable bonds is 6. The van der Waals surface area contributed by atoms with Gasteiger partial charge in [-0.3, -0.25) is 9.59 Å². The van der Waals surface area contributed by atoms with Crippen LogP contribution in [0.25, 0.3) is 0 Å². The van der Waals surface area contributed by atoms with Crippen molar-refractivity contribution < 1.29 is 18.7 Å². The Labute approximate surface area is 179 Å². The predicted octanol–water partition coefficient (Wildman–Crippen LogP) is 3.30. The lowest BCUT2D eigenvalue weighted by Crippen LogP contribution is -2.46. The van der Waals surface area contributed by atoms with E-state index in [1.165, 1.54) is 12.1 Å². The number of carbonyl (C=O) groups is 2. The summed E-state index contributed by atoms with van der Waals surface area (Å²) in [7, 11) is 0. The Kier molecular flexibility index (Phi) is 5.90. The number of nitrogens with zero attached hydrogens (tertiary/aromatic N) is 2. The lowest BCUT2D eigenvalue weighted by molar-refractivity contribution is -0.117. The minimum atomic E-state index is -0.328. The van der Waals surface area contributed by atoms with E-state index in [1.807, 2.05) is 6.92 Å². The van der Waals surface area contributed by atoms with Crippen LogP contribution in [0.1, 0.15) is 41.4 Å². The van der Waals surface area contributed by atoms with Gasteiger partial charge in [0.2, 0.25) is 11.8 Å². The summed E-state index contributed by atoms with van der Waals surface area (Å²) in [4.78, 5) is 31.4. The number of hydrogen-bond acceptors (Lipinski definition) is 4. The standard InChI is InChI=1S/C22H23ClFN3O3/c1-13-12-30-22-18(27(13)19(28)10-23)9-16(8-14-4-6-17(24)7-5-14)20(26-22)21(29)25-11-15-2-3-15/h4-7,9,13,15H,2-3,8,10-12H2,1H3,(H,25,29). The van der Waals surface area contributed by atoms with Gasteiger partial charge in [0.25, 0.3) is 5.91 Å². The van der Waals surface area contributed by atoms with Crippen LogP contribution in [0.15, 0.2) is 30.3 Å². The number of carbonyl (C=O) groups excluding carboxylic acids is 2. The Morgan fingerprint density at radius 2 is 2.03 bits per heavy atom. The fraction of sp³-hybridized carbons (Fsp3) is 0.409. The molecule has 1 saturated carbocycles. The minimum absolute atomic E-state index is 0.166. The van der Waals surface area contributed by atoms with E-state index in [9.17, 15) is 14.0 Å². The van der Waals surface area contributed by atoms with Crippen molar-refractivity contribution in [2.45, 2.75) is 32.2 Å².